The molecule has 1 fully saturated rings. The van der Waals surface area contributed by atoms with Crippen LogP contribution in [0.25, 0.3) is 0 Å². The van der Waals surface area contributed by atoms with Gasteiger partial charge < -0.3 is 9.88 Å². The molecule has 0 aromatic carbocycles. The highest BCUT2D eigenvalue weighted by molar-refractivity contribution is 9.10. The molecule has 2 rings (SSSR count). The van der Waals surface area contributed by atoms with E-state index in [1.807, 2.05) is 23.8 Å². The zero-order valence-corrected chi connectivity index (χ0v) is 14.8. The molecule has 1 N–H and O–H groups in total. The van der Waals surface area contributed by atoms with Gasteiger partial charge in [0.25, 0.3) is 5.91 Å². The van der Waals surface area contributed by atoms with Crippen LogP contribution >= 0.6 is 15.9 Å². The number of hydrogen-bond acceptors (Lipinski definition) is 2. The number of likely N-dealkylation sites (tertiary alicyclic amines) is 1. The summed E-state index contributed by atoms with van der Waals surface area (Å²) in [6.07, 6.45) is 4.55. The molecule has 1 aliphatic rings. The van der Waals surface area contributed by atoms with Gasteiger partial charge in [0.1, 0.15) is 5.69 Å². The van der Waals surface area contributed by atoms with Crippen molar-refractivity contribution in [2.75, 3.05) is 19.6 Å². The van der Waals surface area contributed by atoms with Crippen molar-refractivity contribution in [3.63, 3.8) is 0 Å². The summed E-state index contributed by atoms with van der Waals surface area (Å²) in [4.78, 5) is 14.8. The summed E-state index contributed by atoms with van der Waals surface area (Å²) in [7, 11) is 0. The van der Waals surface area contributed by atoms with Crippen molar-refractivity contribution < 1.29 is 4.79 Å². The van der Waals surface area contributed by atoms with Crippen molar-refractivity contribution in [3.05, 3.63) is 22.4 Å². The average Bonchev–Trinajstić information content (AvgIpc) is 2.85. The van der Waals surface area contributed by atoms with Gasteiger partial charge in [-0.05, 0) is 61.1 Å². The number of aryl methyl sites for hydroxylation is 1. The number of aromatic nitrogens is 1. The first-order chi connectivity index (χ1) is 10.0. The number of rotatable bonds is 5. The second kappa shape index (κ2) is 7.45. The van der Waals surface area contributed by atoms with E-state index in [2.05, 4.69) is 40.0 Å². The van der Waals surface area contributed by atoms with Crippen molar-refractivity contribution in [1.82, 2.24) is 14.8 Å². The van der Waals surface area contributed by atoms with E-state index in [0.29, 0.717) is 12.6 Å². The largest absolute Gasteiger partial charge is 0.349 e. The van der Waals surface area contributed by atoms with Gasteiger partial charge in [0.2, 0.25) is 0 Å². The Bertz CT molecular complexity index is 486. The summed E-state index contributed by atoms with van der Waals surface area (Å²) in [5, 5.41) is 3.08. The summed E-state index contributed by atoms with van der Waals surface area (Å²) < 4.78 is 2.92. The van der Waals surface area contributed by atoms with Gasteiger partial charge in [0, 0.05) is 36.3 Å². The van der Waals surface area contributed by atoms with Crippen LogP contribution in [0.2, 0.25) is 0 Å². The van der Waals surface area contributed by atoms with Crippen molar-refractivity contribution in [3.8, 4) is 0 Å². The molecule has 0 unspecified atom stereocenters. The quantitative estimate of drug-likeness (QED) is 0.880. The van der Waals surface area contributed by atoms with Gasteiger partial charge in [-0.2, -0.15) is 0 Å². The van der Waals surface area contributed by atoms with E-state index in [0.717, 1.165) is 35.7 Å². The molecule has 0 aliphatic carbocycles. The molecule has 4 nitrogen and oxygen atoms in total. The Morgan fingerprint density at radius 1 is 1.57 bits per heavy atom. The number of amides is 1. The first kappa shape index (κ1) is 16.6. The summed E-state index contributed by atoms with van der Waals surface area (Å²) >= 11 is 3.43. The Kier molecular flexibility index (Phi) is 5.88. The van der Waals surface area contributed by atoms with Gasteiger partial charge in [-0.3, -0.25) is 9.69 Å². The molecule has 2 heterocycles. The lowest BCUT2D eigenvalue weighted by Gasteiger charge is -2.35. The van der Waals surface area contributed by atoms with Crippen LogP contribution in [0.15, 0.2) is 16.7 Å². The maximum atomic E-state index is 12.3. The normalized spacial score (nSPS) is 21.2. The Labute approximate surface area is 136 Å². The number of halogens is 1. The van der Waals surface area contributed by atoms with Crippen LogP contribution in [0, 0.1) is 5.92 Å². The van der Waals surface area contributed by atoms with E-state index in [1.54, 1.807) is 0 Å². The van der Waals surface area contributed by atoms with Gasteiger partial charge in [0.05, 0.1) is 0 Å². The lowest BCUT2D eigenvalue weighted by atomic mass is 9.99. The summed E-state index contributed by atoms with van der Waals surface area (Å²) in [5.41, 5.74) is 0.726. The molecule has 1 saturated heterocycles. The summed E-state index contributed by atoms with van der Waals surface area (Å²) in [6, 6.07) is 2.28. The minimum absolute atomic E-state index is 0.0134. The molecular formula is C16H26BrN3O. The van der Waals surface area contributed by atoms with Gasteiger partial charge >= 0.3 is 0 Å². The fraction of sp³-hybridized carbons (Fsp3) is 0.688. The first-order valence-corrected chi connectivity index (χ1v) is 8.68. The van der Waals surface area contributed by atoms with E-state index in [1.165, 1.54) is 12.8 Å². The maximum Gasteiger partial charge on any atom is 0.267 e. The lowest BCUT2D eigenvalue weighted by Crippen LogP contribution is -2.46. The third kappa shape index (κ3) is 4.33. The van der Waals surface area contributed by atoms with Gasteiger partial charge in [-0.1, -0.05) is 6.92 Å². The molecular weight excluding hydrogens is 330 g/mol. The number of nitrogens with zero attached hydrogens (tertiary/aromatic N) is 2. The first-order valence-electron chi connectivity index (χ1n) is 7.89. The van der Waals surface area contributed by atoms with Crippen LogP contribution < -0.4 is 5.32 Å². The molecule has 2 atom stereocenters. The van der Waals surface area contributed by atoms with E-state index in [4.69, 9.17) is 0 Å². The molecule has 1 aromatic rings. The Hall–Kier alpha value is -0.810. The molecule has 0 radical (unpaired) electrons. The lowest BCUT2D eigenvalue weighted by molar-refractivity contribution is 0.0908. The molecule has 0 spiro atoms. The minimum Gasteiger partial charge on any atom is -0.349 e. The van der Waals surface area contributed by atoms with Crippen LogP contribution in [-0.2, 0) is 6.54 Å². The molecule has 1 aromatic heterocycles. The number of piperidine rings is 1. The molecule has 0 saturated carbocycles. The highest BCUT2D eigenvalue weighted by Gasteiger charge is 2.21. The molecule has 1 amide bonds. The fourth-order valence-corrected chi connectivity index (χ4v) is 3.48. The van der Waals surface area contributed by atoms with E-state index >= 15 is 0 Å². The highest BCUT2D eigenvalue weighted by atomic mass is 79.9. The van der Waals surface area contributed by atoms with Crippen LogP contribution in [-0.4, -0.2) is 41.1 Å². The summed E-state index contributed by atoms with van der Waals surface area (Å²) in [6.45, 7) is 10.4. The molecule has 0 bridgehead atoms. The summed E-state index contributed by atoms with van der Waals surface area (Å²) in [5.74, 6) is 0.782. The van der Waals surface area contributed by atoms with Crippen molar-refractivity contribution in [2.24, 2.45) is 5.92 Å². The van der Waals surface area contributed by atoms with E-state index in [9.17, 15) is 4.79 Å². The highest BCUT2D eigenvalue weighted by Crippen LogP contribution is 2.18. The predicted octanol–water partition coefficient (Wildman–Crippen LogP) is 3.12. The van der Waals surface area contributed by atoms with Crippen LogP contribution in [0.4, 0.5) is 0 Å². The molecule has 5 heteroatoms. The van der Waals surface area contributed by atoms with Gasteiger partial charge in [0.15, 0.2) is 0 Å². The van der Waals surface area contributed by atoms with Crippen LogP contribution in [0.1, 0.15) is 44.1 Å². The van der Waals surface area contributed by atoms with E-state index in [-0.39, 0.29) is 5.91 Å². The zero-order chi connectivity index (χ0) is 15.4. The molecule has 118 valence electrons. The third-order valence-electron chi connectivity index (χ3n) is 4.31. The molecule has 21 heavy (non-hydrogen) atoms. The number of carbonyl (C=O) groups excluding carboxylic acids is 1. The number of carbonyl (C=O) groups is 1. The topological polar surface area (TPSA) is 37.3 Å². The minimum atomic E-state index is 0.0134. The second-order valence-corrected chi connectivity index (χ2v) is 7.05. The average molecular weight is 356 g/mol. The Morgan fingerprint density at radius 2 is 2.33 bits per heavy atom. The Morgan fingerprint density at radius 3 is 3.00 bits per heavy atom. The maximum absolute atomic E-state index is 12.3. The molecule has 1 aliphatic heterocycles. The number of hydrogen-bond donors (Lipinski definition) is 1. The van der Waals surface area contributed by atoms with Gasteiger partial charge in [-0.25, -0.2) is 0 Å². The van der Waals surface area contributed by atoms with Crippen LogP contribution in [0.3, 0.4) is 0 Å². The van der Waals surface area contributed by atoms with Crippen LogP contribution in [0.5, 0.6) is 0 Å². The smallest absolute Gasteiger partial charge is 0.267 e. The monoisotopic (exact) mass is 355 g/mol. The van der Waals surface area contributed by atoms with Crippen molar-refractivity contribution >= 4 is 21.8 Å². The second-order valence-electron chi connectivity index (χ2n) is 6.13. The van der Waals surface area contributed by atoms with Crippen molar-refractivity contribution in [1.29, 1.82) is 0 Å². The SMILES string of the molecule is CCn1cc(Br)cc1C(=O)NC[C@H](C)N1CCC[C@@H](C)C1. The zero-order valence-electron chi connectivity index (χ0n) is 13.2. The van der Waals surface area contributed by atoms with Crippen molar-refractivity contribution in [2.45, 2.75) is 46.2 Å². The fourth-order valence-electron chi connectivity index (χ4n) is 3.01. The standard InChI is InChI=1S/C16H26BrN3O/c1-4-19-11-14(17)8-15(19)16(21)18-9-13(3)20-7-5-6-12(2)10-20/h8,11-13H,4-7,9-10H2,1-3H3,(H,18,21)/t12-,13+/m1/s1. The third-order valence-corrected chi connectivity index (χ3v) is 4.74. The predicted molar refractivity (Wildman–Crippen MR) is 89.6 cm³/mol. The van der Waals surface area contributed by atoms with Gasteiger partial charge in [-0.15, -0.1) is 0 Å². The number of nitrogens with one attached hydrogen (secondary N) is 1. The Balaban J connectivity index is 1.88. The van der Waals surface area contributed by atoms with E-state index < -0.39 is 0 Å².